The van der Waals surface area contributed by atoms with Crippen LogP contribution in [0, 0.1) is 0 Å². The van der Waals surface area contributed by atoms with Crippen LogP contribution in [0.25, 0.3) is 12.2 Å². The van der Waals surface area contributed by atoms with Crippen molar-refractivity contribution in [2.45, 2.75) is 0 Å². The molecule has 0 bridgehead atoms. The molecule has 0 aliphatic heterocycles. The van der Waals surface area contributed by atoms with E-state index in [1.807, 2.05) is 12.2 Å². The largest absolute Gasteiger partial charge is 0.465 e. The van der Waals surface area contributed by atoms with Crippen LogP contribution in [0.2, 0.25) is 0 Å². The van der Waals surface area contributed by atoms with Crippen molar-refractivity contribution in [2.24, 2.45) is 0 Å². The van der Waals surface area contributed by atoms with E-state index in [0.29, 0.717) is 16.8 Å². The fraction of sp³-hybridized carbons (Fsp3) is 0.111. The topological polar surface area (TPSA) is 78.6 Å². The van der Waals surface area contributed by atoms with Gasteiger partial charge in [-0.2, -0.15) is 0 Å². The van der Waals surface area contributed by atoms with E-state index < -0.39 is 5.97 Å². The summed E-state index contributed by atoms with van der Waals surface area (Å²) in [6.45, 7) is 0. The molecule has 2 N–H and O–H groups in total. The Morgan fingerprint density at radius 1 is 0.870 bits per heavy atom. The Hall–Kier alpha value is -3.08. The van der Waals surface area contributed by atoms with Crippen LogP contribution in [0.15, 0.2) is 42.5 Å². The Morgan fingerprint density at radius 2 is 1.43 bits per heavy atom. The second-order valence-electron chi connectivity index (χ2n) is 4.79. The Bertz CT molecular complexity index is 748. The number of carbonyl (C=O) groups excluding carboxylic acids is 2. The fourth-order valence-corrected chi connectivity index (χ4v) is 2.00. The van der Waals surface area contributed by atoms with Crippen LogP contribution in [-0.4, -0.2) is 26.2 Å². The SMILES string of the molecule is COC(=O)c1ccc(/C=C/c2ccc(N)c(C(=O)OC)c2)cc1. The molecule has 118 valence electrons. The van der Waals surface area contributed by atoms with Gasteiger partial charge in [-0.3, -0.25) is 0 Å². The van der Waals surface area contributed by atoms with Crippen molar-refractivity contribution in [3.8, 4) is 0 Å². The summed E-state index contributed by atoms with van der Waals surface area (Å²) < 4.78 is 9.34. The maximum atomic E-state index is 11.6. The normalized spacial score (nSPS) is 10.5. The lowest BCUT2D eigenvalue weighted by atomic mass is 10.1. The first-order valence-electron chi connectivity index (χ1n) is 6.89. The minimum Gasteiger partial charge on any atom is -0.465 e. The highest BCUT2D eigenvalue weighted by Crippen LogP contribution is 2.17. The maximum Gasteiger partial charge on any atom is 0.339 e. The summed E-state index contributed by atoms with van der Waals surface area (Å²) in [6, 6.07) is 12.1. The van der Waals surface area contributed by atoms with Crippen molar-refractivity contribution in [1.82, 2.24) is 0 Å². The molecule has 0 saturated heterocycles. The van der Waals surface area contributed by atoms with Crippen molar-refractivity contribution >= 4 is 29.8 Å². The van der Waals surface area contributed by atoms with Crippen LogP contribution in [0.5, 0.6) is 0 Å². The van der Waals surface area contributed by atoms with Crippen molar-refractivity contribution < 1.29 is 19.1 Å². The summed E-state index contributed by atoms with van der Waals surface area (Å²) >= 11 is 0. The number of rotatable bonds is 4. The van der Waals surface area contributed by atoms with Crippen molar-refractivity contribution in [3.63, 3.8) is 0 Å². The van der Waals surface area contributed by atoms with E-state index in [-0.39, 0.29) is 5.97 Å². The smallest absolute Gasteiger partial charge is 0.339 e. The number of nitrogen functional groups attached to an aromatic ring is 1. The van der Waals surface area contributed by atoms with Crippen LogP contribution in [0.3, 0.4) is 0 Å². The zero-order valence-corrected chi connectivity index (χ0v) is 12.9. The monoisotopic (exact) mass is 311 g/mol. The molecular weight excluding hydrogens is 294 g/mol. The van der Waals surface area contributed by atoms with Crippen LogP contribution in [0.1, 0.15) is 31.8 Å². The van der Waals surface area contributed by atoms with Gasteiger partial charge in [0.15, 0.2) is 0 Å². The zero-order valence-electron chi connectivity index (χ0n) is 12.9. The number of hydrogen-bond donors (Lipinski definition) is 1. The van der Waals surface area contributed by atoms with Crippen LogP contribution in [-0.2, 0) is 9.47 Å². The van der Waals surface area contributed by atoms with E-state index in [9.17, 15) is 9.59 Å². The average Bonchev–Trinajstić information content (AvgIpc) is 2.60. The summed E-state index contributed by atoms with van der Waals surface area (Å²) in [5.74, 6) is -0.845. The van der Waals surface area contributed by atoms with E-state index in [1.54, 1.807) is 42.5 Å². The molecule has 0 fully saturated rings. The van der Waals surface area contributed by atoms with Crippen molar-refractivity contribution in [1.29, 1.82) is 0 Å². The molecule has 0 heterocycles. The number of nitrogens with two attached hydrogens (primary N) is 1. The molecule has 0 atom stereocenters. The number of hydrogen-bond acceptors (Lipinski definition) is 5. The Balaban J connectivity index is 2.20. The first-order valence-corrected chi connectivity index (χ1v) is 6.89. The third-order valence-electron chi connectivity index (χ3n) is 3.28. The molecule has 0 aliphatic rings. The molecule has 5 nitrogen and oxygen atoms in total. The summed E-state index contributed by atoms with van der Waals surface area (Å²) in [4.78, 5) is 23.0. The van der Waals surface area contributed by atoms with Crippen molar-refractivity contribution in [3.05, 3.63) is 64.7 Å². The van der Waals surface area contributed by atoms with Crippen LogP contribution >= 0.6 is 0 Å². The molecule has 0 unspecified atom stereocenters. The molecule has 0 spiro atoms. The van der Waals surface area contributed by atoms with Gasteiger partial charge in [-0.1, -0.05) is 30.4 Å². The number of ether oxygens (including phenoxy) is 2. The van der Waals surface area contributed by atoms with E-state index in [4.69, 9.17) is 10.5 Å². The molecule has 0 radical (unpaired) electrons. The van der Waals surface area contributed by atoms with Gasteiger partial charge in [-0.25, -0.2) is 9.59 Å². The molecule has 0 aromatic heterocycles. The first-order chi connectivity index (χ1) is 11.0. The number of carbonyl (C=O) groups is 2. The molecule has 0 saturated carbocycles. The lowest BCUT2D eigenvalue weighted by Gasteiger charge is -2.04. The second kappa shape index (κ2) is 7.26. The molecule has 0 amide bonds. The van der Waals surface area contributed by atoms with Gasteiger partial charge < -0.3 is 15.2 Å². The molecule has 0 aliphatic carbocycles. The number of esters is 2. The average molecular weight is 311 g/mol. The quantitative estimate of drug-likeness (QED) is 0.533. The number of benzene rings is 2. The summed E-state index contributed by atoms with van der Waals surface area (Å²) in [6.07, 6.45) is 3.71. The van der Waals surface area contributed by atoms with Gasteiger partial charge in [0.2, 0.25) is 0 Å². The lowest BCUT2D eigenvalue weighted by molar-refractivity contribution is 0.0592. The van der Waals surface area contributed by atoms with Crippen LogP contribution < -0.4 is 5.73 Å². The molecule has 23 heavy (non-hydrogen) atoms. The first kappa shape index (κ1) is 16.3. The second-order valence-corrected chi connectivity index (χ2v) is 4.79. The molecule has 5 heteroatoms. The third-order valence-corrected chi connectivity index (χ3v) is 3.28. The Labute approximate surface area is 134 Å². The Morgan fingerprint density at radius 3 is 2.04 bits per heavy atom. The molecule has 2 rings (SSSR count). The van der Waals surface area contributed by atoms with Gasteiger partial charge in [0, 0.05) is 5.69 Å². The lowest BCUT2D eigenvalue weighted by Crippen LogP contribution is -2.05. The van der Waals surface area contributed by atoms with Gasteiger partial charge in [0.25, 0.3) is 0 Å². The van der Waals surface area contributed by atoms with Gasteiger partial charge in [0.1, 0.15) is 0 Å². The predicted octanol–water partition coefficient (Wildman–Crippen LogP) is 3.01. The predicted molar refractivity (Wildman–Crippen MR) is 88.9 cm³/mol. The summed E-state index contributed by atoms with van der Waals surface area (Å²) in [5.41, 5.74) is 8.68. The summed E-state index contributed by atoms with van der Waals surface area (Å²) in [5, 5.41) is 0. The highest BCUT2D eigenvalue weighted by Gasteiger charge is 2.09. The highest BCUT2D eigenvalue weighted by atomic mass is 16.5. The number of methoxy groups -OCH3 is 2. The molecule has 2 aromatic carbocycles. The van der Waals surface area contributed by atoms with Crippen LogP contribution in [0.4, 0.5) is 5.69 Å². The van der Waals surface area contributed by atoms with E-state index in [2.05, 4.69) is 4.74 Å². The standard InChI is InChI=1S/C18H17NO4/c1-22-17(20)14-8-5-12(6-9-14)3-4-13-7-10-16(19)15(11-13)18(21)23-2/h3-11H,19H2,1-2H3/b4-3+. The van der Waals surface area contributed by atoms with Gasteiger partial charge in [0.05, 0.1) is 25.3 Å². The zero-order chi connectivity index (χ0) is 16.8. The Kier molecular flexibility index (Phi) is 5.15. The molecule has 2 aromatic rings. The van der Waals surface area contributed by atoms with Gasteiger partial charge >= 0.3 is 11.9 Å². The van der Waals surface area contributed by atoms with E-state index >= 15 is 0 Å². The minimum absolute atomic E-state index is 0.329. The van der Waals surface area contributed by atoms with E-state index in [0.717, 1.165) is 11.1 Å². The third kappa shape index (κ3) is 3.97. The highest BCUT2D eigenvalue weighted by molar-refractivity contribution is 5.96. The van der Waals surface area contributed by atoms with E-state index in [1.165, 1.54) is 14.2 Å². The van der Waals surface area contributed by atoms with Gasteiger partial charge in [-0.15, -0.1) is 0 Å². The van der Waals surface area contributed by atoms with Crippen molar-refractivity contribution in [2.75, 3.05) is 20.0 Å². The minimum atomic E-state index is -0.472. The fourth-order valence-electron chi connectivity index (χ4n) is 2.00. The molecular formula is C18H17NO4. The summed E-state index contributed by atoms with van der Waals surface area (Å²) in [7, 11) is 2.66. The maximum absolute atomic E-state index is 11.6. The van der Waals surface area contributed by atoms with Gasteiger partial charge in [-0.05, 0) is 35.4 Å². The number of anilines is 1.